The van der Waals surface area contributed by atoms with Gasteiger partial charge >= 0.3 is 0 Å². The maximum Gasteiger partial charge on any atom is 0.251 e. The van der Waals surface area contributed by atoms with Crippen molar-refractivity contribution in [3.8, 4) is 0 Å². The molecular formula is C13H15BrClNO2. The summed E-state index contributed by atoms with van der Waals surface area (Å²) in [5.41, 5.74) is 0.549. The van der Waals surface area contributed by atoms with E-state index in [1.54, 1.807) is 18.2 Å². The second-order valence-electron chi connectivity index (χ2n) is 4.70. The van der Waals surface area contributed by atoms with Crippen LogP contribution in [0.25, 0.3) is 0 Å². The monoisotopic (exact) mass is 331 g/mol. The molecule has 3 nitrogen and oxygen atoms in total. The van der Waals surface area contributed by atoms with E-state index in [-0.39, 0.29) is 12.0 Å². The molecule has 1 aliphatic carbocycles. The third-order valence-electron chi connectivity index (χ3n) is 3.19. The number of carbonyl (C=O) groups is 1. The Morgan fingerprint density at radius 1 is 1.44 bits per heavy atom. The third kappa shape index (κ3) is 3.70. The van der Waals surface area contributed by atoms with Gasteiger partial charge in [-0.3, -0.25) is 4.79 Å². The average molecular weight is 333 g/mol. The number of rotatable bonds is 3. The molecule has 0 spiro atoms. The molecule has 1 fully saturated rings. The minimum atomic E-state index is -0.202. The summed E-state index contributed by atoms with van der Waals surface area (Å²) in [4.78, 5) is 11.9. The van der Waals surface area contributed by atoms with Crippen LogP contribution >= 0.6 is 27.5 Å². The zero-order valence-electron chi connectivity index (χ0n) is 9.83. The zero-order chi connectivity index (χ0) is 13.1. The second kappa shape index (κ2) is 6.04. The molecule has 2 rings (SSSR count). The van der Waals surface area contributed by atoms with Crippen LogP contribution in [0.4, 0.5) is 0 Å². The van der Waals surface area contributed by atoms with Crippen LogP contribution in [0, 0.1) is 5.92 Å². The summed E-state index contributed by atoms with van der Waals surface area (Å²) >= 11 is 9.21. The lowest BCUT2D eigenvalue weighted by molar-refractivity contribution is 0.0945. The topological polar surface area (TPSA) is 49.3 Å². The number of carbonyl (C=O) groups excluding carboxylic acids is 1. The fraction of sp³-hybridized carbons (Fsp3) is 0.462. The van der Waals surface area contributed by atoms with Gasteiger partial charge in [0.15, 0.2) is 0 Å². The van der Waals surface area contributed by atoms with Crippen LogP contribution in [0.15, 0.2) is 22.7 Å². The lowest BCUT2D eigenvalue weighted by Crippen LogP contribution is -2.28. The molecule has 5 heteroatoms. The maximum absolute atomic E-state index is 11.9. The van der Waals surface area contributed by atoms with Gasteiger partial charge in [0.2, 0.25) is 0 Å². The van der Waals surface area contributed by atoms with Gasteiger partial charge in [0.1, 0.15) is 0 Å². The Kier molecular flexibility index (Phi) is 4.65. The van der Waals surface area contributed by atoms with Gasteiger partial charge in [0.05, 0.1) is 6.10 Å². The molecule has 1 aromatic carbocycles. The van der Waals surface area contributed by atoms with E-state index in [9.17, 15) is 9.90 Å². The Bertz CT molecular complexity index is 432. The van der Waals surface area contributed by atoms with E-state index in [1.165, 1.54) is 0 Å². The number of aliphatic hydroxyl groups excluding tert-OH is 1. The minimum Gasteiger partial charge on any atom is -0.393 e. The quantitative estimate of drug-likeness (QED) is 0.894. The molecule has 2 N–H and O–H groups in total. The van der Waals surface area contributed by atoms with Crippen molar-refractivity contribution in [1.29, 1.82) is 0 Å². The summed E-state index contributed by atoms with van der Waals surface area (Å²) in [6.07, 6.45) is 2.39. The van der Waals surface area contributed by atoms with Crippen LogP contribution in [0.3, 0.4) is 0 Å². The predicted molar refractivity (Wildman–Crippen MR) is 74.8 cm³/mol. The molecule has 0 radical (unpaired) electrons. The van der Waals surface area contributed by atoms with Crippen LogP contribution in [0.1, 0.15) is 29.6 Å². The SMILES string of the molecule is O=C(NCC1CCC(O)C1)c1cc(Cl)cc(Br)c1. The Morgan fingerprint density at radius 2 is 2.22 bits per heavy atom. The van der Waals surface area contributed by atoms with Gasteiger partial charge in [-0.05, 0) is 43.4 Å². The highest BCUT2D eigenvalue weighted by atomic mass is 79.9. The smallest absolute Gasteiger partial charge is 0.251 e. The number of hydrogen-bond donors (Lipinski definition) is 2. The fourth-order valence-corrected chi connectivity index (χ4v) is 3.12. The Balaban J connectivity index is 1.91. The lowest BCUT2D eigenvalue weighted by atomic mass is 10.1. The van der Waals surface area contributed by atoms with E-state index >= 15 is 0 Å². The molecule has 2 atom stereocenters. The van der Waals surface area contributed by atoms with Crippen molar-refractivity contribution in [3.63, 3.8) is 0 Å². The lowest BCUT2D eigenvalue weighted by Gasteiger charge is -2.11. The number of amides is 1. The first kappa shape index (κ1) is 13.8. The minimum absolute atomic E-state index is 0.125. The second-order valence-corrected chi connectivity index (χ2v) is 6.05. The standard InChI is InChI=1S/C13H15BrClNO2/c14-10-4-9(5-11(15)6-10)13(18)16-7-8-1-2-12(17)3-8/h4-6,8,12,17H,1-3,7H2,(H,16,18). The summed E-state index contributed by atoms with van der Waals surface area (Å²) < 4.78 is 0.788. The first-order chi connectivity index (χ1) is 8.54. The molecule has 1 aromatic rings. The predicted octanol–water partition coefficient (Wildman–Crippen LogP) is 2.99. The molecule has 2 unspecified atom stereocenters. The van der Waals surface area contributed by atoms with Crippen LogP contribution in [0.5, 0.6) is 0 Å². The van der Waals surface area contributed by atoms with Crippen molar-refractivity contribution < 1.29 is 9.90 Å². The van der Waals surface area contributed by atoms with Crippen molar-refractivity contribution in [1.82, 2.24) is 5.32 Å². The Morgan fingerprint density at radius 3 is 2.83 bits per heavy atom. The molecule has 1 aliphatic rings. The summed E-state index contributed by atoms with van der Waals surface area (Å²) in [5.74, 6) is 0.256. The van der Waals surface area contributed by atoms with Crippen molar-refractivity contribution >= 4 is 33.4 Å². The van der Waals surface area contributed by atoms with Crippen molar-refractivity contribution in [3.05, 3.63) is 33.3 Å². The molecule has 1 amide bonds. The van der Waals surface area contributed by atoms with E-state index in [4.69, 9.17) is 11.6 Å². The highest BCUT2D eigenvalue weighted by Gasteiger charge is 2.23. The van der Waals surface area contributed by atoms with Gasteiger partial charge in [-0.1, -0.05) is 27.5 Å². The maximum atomic E-state index is 11.9. The van der Waals surface area contributed by atoms with E-state index in [0.29, 0.717) is 23.0 Å². The van der Waals surface area contributed by atoms with Crippen LogP contribution < -0.4 is 5.32 Å². The van der Waals surface area contributed by atoms with Crippen molar-refractivity contribution in [2.75, 3.05) is 6.54 Å². The van der Waals surface area contributed by atoms with Gasteiger partial charge in [-0.2, -0.15) is 0 Å². The Labute approximate surface area is 120 Å². The average Bonchev–Trinajstić information content (AvgIpc) is 2.70. The van der Waals surface area contributed by atoms with E-state index in [0.717, 1.165) is 23.7 Å². The van der Waals surface area contributed by atoms with E-state index < -0.39 is 0 Å². The first-order valence-electron chi connectivity index (χ1n) is 5.97. The van der Waals surface area contributed by atoms with Gasteiger partial charge in [0.25, 0.3) is 5.91 Å². The van der Waals surface area contributed by atoms with Gasteiger partial charge in [-0.25, -0.2) is 0 Å². The molecule has 0 saturated heterocycles. The molecule has 98 valence electrons. The summed E-state index contributed by atoms with van der Waals surface area (Å²) in [6.45, 7) is 0.611. The molecule has 0 aliphatic heterocycles. The van der Waals surface area contributed by atoms with Crippen LogP contribution in [-0.2, 0) is 0 Å². The van der Waals surface area contributed by atoms with E-state index in [2.05, 4.69) is 21.2 Å². The molecule has 0 bridgehead atoms. The number of benzene rings is 1. The van der Waals surface area contributed by atoms with Crippen molar-refractivity contribution in [2.45, 2.75) is 25.4 Å². The summed E-state index contributed by atoms with van der Waals surface area (Å²) in [6, 6.07) is 5.13. The summed E-state index contributed by atoms with van der Waals surface area (Å²) in [7, 11) is 0. The Hall–Kier alpha value is -0.580. The van der Waals surface area contributed by atoms with E-state index in [1.807, 2.05) is 0 Å². The highest BCUT2D eigenvalue weighted by Crippen LogP contribution is 2.25. The third-order valence-corrected chi connectivity index (χ3v) is 3.87. The number of aliphatic hydroxyl groups is 1. The zero-order valence-corrected chi connectivity index (χ0v) is 12.2. The molecular weight excluding hydrogens is 318 g/mol. The molecule has 1 saturated carbocycles. The largest absolute Gasteiger partial charge is 0.393 e. The summed E-state index contributed by atoms with van der Waals surface area (Å²) in [5, 5.41) is 12.8. The van der Waals surface area contributed by atoms with Gasteiger partial charge in [0, 0.05) is 21.6 Å². The van der Waals surface area contributed by atoms with Crippen LogP contribution in [-0.4, -0.2) is 23.7 Å². The number of halogens is 2. The molecule has 0 heterocycles. The van der Waals surface area contributed by atoms with Crippen LogP contribution in [0.2, 0.25) is 5.02 Å². The molecule has 0 aromatic heterocycles. The van der Waals surface area contributed by atoms with Gasteiger partial charge in [-0.15, -0.1) is 0 Å². The van der Waals surface area contributed by atoms with Gasteiger partial charge < -0.3 is 10.4 Å². The first-order valence-corrected chi connectivity index (χ1v) is 7.14. The molecule has 18 heavy (non-hydrogen) atoms. The number of hydrogen-bond acceptors (Lipinski definition) is 2. The number of nitrogens with one attached hydrogen (secondary N) is 1. The normalized spacial score (nSPS) is 23.1. The fourth-order valence-electron chi connectivity index (χ4n) is 2.26. The highest BCUT2D eigenvalue weighted by molar-refractivity contribution is 9.10. The van der Waals surface area contributed by atoms with Crippen molar-refractivity contribution in [2.24, 2.45) is 5.92 Å².